The highest BCUT2D eigenvalue weighted by atomic mass is 16.4. The summed E-state index contributed by atoms with van der Waals surface area (Å²) in [6.45, 7) is 0. The number of rotatable bonds is 2. The van der Waals surface area contributed by atoms with Crippen molar-refractivity contribution in [3.8, 4) is 6.07 Å². The molecule has 4 heteroatoms. The van der Waals surface area contributed by atoms with E-state index in [2.05, 4.69) is 5.32 Å². The summed E-state index contributed by atoms with van der Waals surface area (Å²) in [6.07, 6.45) is 5.05. The number of aliphatic carboxylic acids is 1. The highest BCUT2D eigenvalue weighted by molar-refractivity contribution is 5.96. The number of carbonyl (C=O) groups is 1. The molecule has 0 spiro atoms. The Morgan fingerprint density at radius 2 is 2.32 bits per heavy atom. The lowest BCUT2D eigenvalue weighted by Gasteiger charge is -2.08. The third-order valence-corrected chi connectivity index (χ3v) is 3.99. The predicted octanol–water partition coefficient (Wildman–Crippen LogP) is 2.74. The third-order valence-electron chi connectivity index (χ3n) is 3.99. The molecule has 2 unspecified atom stereocenters. The minimum atomic E-state index is -1.18. The van der Waals surface area contributed by atoms with Gasteiger partial charge in [-0.25, -0.2) is 4.79 Å². The molecular weight excluding hydrogens is 240 g/mol. The molecule has 1 saturated carbocycles. The molecule has 2 aliphatic rings. The quantitative estimate of drug-likeness (QED) is 0.628. The zero-order valence-corrected chi connectivity index (χ0v) is 10.4. The van der Waals surface area contributed by atoms with Gasteiger partial charge < -0.3 is 10.4 Å². The van der Waals surface area contributed by atoms with Gasteiger partial charge in [0.15, 0.2) is 0 Å². The Bertz CT molecular complexity index is 613. The van der Waals surface area contributed by atoms with Crippen molar-refractivity contribution in [1.29, 1.82) is 5.26 Å². The van der Waals surface area contributed by atoms with Crippen LogP contribution in [0.15, 0.2) is 23.8 Å². The molecule has 1 heterocycles. The highest BCUT2D eigenvalue weighted by Gasteiger charge is 2.35. The third kappa shape index (κ3) is 1.97. The molecule has 0 radical (unpaired) electrons. The molecule has 1 aromatic rings. The number of nitriles is 1. The molecule has 0 amide bonds. The standard InChI is InChI=1S/C15H14N2O2/c16-8-10(15(18)19)6-9-4-5-14-12(7-9)11-2-1-3-13(11)17-14/h4-7,11,13,17H,1-3H2,(H,18,19)/b10-6+. The Labute approximate surface area is 111 Å². The van der Waals surface area contributed by atoms with Crippen LogP contribution in [0.5, 0.6) is 0 Å². The van der Waals surface area contributed by atoms with Crippen molar-refractivity contribution in [2.45, 2.75) is 31.2 Å². The molecule has 2 N–H and O–H groups in total. The molecule has 2 atom stereocenters. The summed E-state index contributed by atoms with van der Waals surface area (Å²) in [6, 6.07) is 8.09. The van der Waals surface area contributed by atoms with E-state index in [1.165, 1.54) is 30.9 Å². The molecular formula is C15H14N2O2. The van der Waals surface area contributed by atoms with E-state index in [0.717, 1.165) is 11.3 Å². The SMILES string of the molecule is N#C/C(=C\c1ccc2c(c1)C1CCCC1N2)C(=O)O. The number of benzene rings is 1. The minimum absolute atomic E-state index is 0.228. The average molecular weight is 254 g/mol. The Morgan fingerprint density at radius 3 is 3.05 bits per heavy atom. The van der Waals surface area contributed by atoms with Crippen LogP contribution in [-0.4, -0.2) is 17.1 Å². The van der Waals surface area contributed by atoms with Gasteiger partial charge in [0.05, 0.1) is 0 Å². The normalized spacial score (nSPS) is 24.3. The molecule has 19 heavy (non-hydrogen) atoms. The summed E-state index contributed by atoms with van der Waals surface area (Å²) in [5.41, 5.74) is 2.97. The fourth-order valence-corrected chi connectivity index (χ4v) is 3.12. The zero-order valence-electron chi connectivity index (χ0n) is 10.4. The van der Waals surface area contributed by atoms with Gasteiger partial charge in [0, 0.05) is 17.6 Å². The van der Waals surface area contributed by atoms with Crippen molar-refractivity contribution in [3.63, 3.8) is 0 Å². The van der Waals surface area contributed by atoms with Crippen molar-refractivity contribution in [2.75, 3.05) is 5.32 Å². The summed E-state index contributed by atoms with van der Waals surface area (Å²) in [4.78, 5) is 10.8. The van der Waals surface area contributed by atoms with E-state index in [0.29, 0.717) is 12.0 Å². The van der Waals surface area contributed by atoms with Crippen molar-refractivity contribution in [1.82, 2.24) is 0 Å². The second-order valence-electron chi connectivity index (χ2n) is 5.11. The van der Waals surface area contributed by atoms with Gasteiger partial charge >= 0.3 is 5.97 Å². The molecule has 1 aromatic carbocycles. The van der Waals surface area contributed by atoms with Crippen LogP contribution in [0.3, 0.4) is 0 Å². The van der Waals surface area contributed by atoms with Gasteiger partial charge in [0.1, 0.15) is 11.6 Å². The summed E-state index contributed by atoms with van der Waals surface area (Å²) in [5.74, 6) is -0.640. The lowest BCUT2D eigenvalue weighted by molar-refractivity contribution is -0.132. The topological polar surface area (TPSA) is 73.1 Å². The van der Waals surface area contributed by atoms with E-state index in [1.807, 2.05) is 18.2 Å². The van der Waals surface area contributed by atoms with Crippen LogP contribution in [0.1, 0.15) is 36.3 Å². The first-order chi connectivity index (χ1) is 9.19. The maximum atomic E-state index is 10.8. The maximum Gasteiger partial charge on any atom is 0.346 e. The van der Waals surface area contributed by atoms with E-state index in [-0.39, 0.29) is 5.57 Å². The van der Waals surface area contributed by atoms with E-state index in [9.17, 15) is 4.79 Å². The van der Waals surface area contributed by atoms with Crippen LogP contribution >= 0.6 is 0 Å². The molecule has 1 aliphatic heterocycles. The minimum Gasteiger partial charge on any atom is -0.477 e. The van der Waals surface area contributed by atoms with E-state index in [1.54, 1.807) is 6.07 Å². The number of carboxylic acids is 1. The van der Waals surface area contributed by atoms with Crippen LogP contribution < -0.4 is 5.32 Å². The van der Waals surface area contributed by atoms with Gasteiger partial charge in [0.2, 0.25) is 0 Å². The van der Waals surface area contributed by atoms with Gasteiger partial charge in [0.25, 0.3) is 0 Å². The monoisotopic (exact) mass is 254 g/mol. The summed E-state index contributed by atoms with van der Waals surface area (Å²) in [5, 5.41) is 21.2. The summed E-state index contributed by atoms with van der Waals surface area (Å²) < 4.78 is 0. The van der Waals surface area contributed by atoms with Gasteiger partial charge in [-0.1, -0.05) is 12.5 Å². The number of nitrogens with one attached hydrogen (secondary N) is 1. The number of carboxylic acid groups (broad SMARTS) is 1. The smallest absolute Gasteiger partial charge is 0.346 e. The Hall–Kier alpha value is -2.28. The fourth-order valence-electron chi connectivity index (χ4n) is 3.12. The number of nitrogens with zero attached hydrogens (tertiary/aromatic N) is 1. The lowest BCUT2D eigenvalue weighted by Crippen LogP contribution is -2.13. The second-order valence-corrected chi connectivity index (χ2v) is 5.11. The molecule has 0 aromatic heterocycles. The molecule has 3 rings (SSSR count). The summed E-state index contributed by atoms with van der Waals surface area (Å²) in [7, 11) is 0. The Morgan fingerprint density at radius 1 is 1.47 bits per heavy atom. The van der Waals surface area contributed by atoms with E-state index >= 15 is 0 Å². The molecule has 1 aliphatic carbocycles. The molecule has 4 nitrogen and oxygen atoms in total. The first-order valence-electron chi connectivity index (χ1n) is 6.44. The number of hydrogen-bond acceptors (Lipinski definition) is 3. The highest BCUT2D eigenvalue weighted by Crippen LogP contribution is 2.45. The van der Waals surface area contributed by atoms with Gasteiger partial charge in [-0.3, -0.25) is 0 Å². The summed E-state index contributed by atoms with van der Waals surface area (Å²) >= 11 is 0. The van der Waals surface area contributed by atoms with E-state index < -0.39 is 5.97 Å². The molecule has 0 bridgehead atoms. The Kier molecular flexibility index (Phi) is 2.75. The fraction of sp³-hybridized carbons (Fsp3) is 0.333. The second kappa shape index (κ2) is 4.43. The average Bonchev–Trinajstić information content (AvgIpc) is 2.96. The largest absolute Gasteiger partial charge is 0.477 e. The molecule has 0 saturated heterocycles. The van der Waals surface area contributed by atoms with Gasteiger partial charge in [-0.15, -0.1) is 0 Å². The first-order valence-corrected chi connectivity index (χ1v) is 6.44. The zero-order chi connectivity index (χ0) is 13.4. The lowest BCUT2D eigenvalue weighted by atomic mass is 9.95. The number of fused-ring (bicyclic) bond motifs is 3. The van der Waals surface area contributed by atoms with Gasteiger partial charge in [-0.05, 0) is 42.2 Å². The van der Waals surface area contributed by atoms with Crippen molar-refractivity contribution in [3.05, 3.63) is 34.9 Å². The number of anilines is 1. The van der Waals surface area contributed by atoms with Gasteiger partial charge in [-0.2, -0.15) is 5.26 Å². The van der Waals surface area contributed by atoms with Crippen molar-refractivity contribution >= 4 is 17.7 Å². The van der Waals surface area contributed by atoms with Crippen LogP contribution in [0.25, 0.3) is 6.08 Å². The van der Waals surface area contributed by atoms with E-state index in [4.69, 9.17) is 10.4 Å². The molecule has 96 valence electrons. The number of hydrogen-bond donors (Lipinski definition) is 2. The molecule has 1 fully saturated rings. The Balaban J connectivity index is 1.97. The van der Waals surface area contributed by atoms with Crippen molar-refractivity contribution < 1.29 is 9.90 Å². The maximum absolute atomic E-state index is 10.8. The predicted molar refractivity (Wildman–Crippen MR) is 71.7 cm³/mol. The first kappa shape index (κ1) is 11.8. The van der Waals surface area contributed by atoms with Crippen LogP contribution in [-0.2, 0) is 4.79 Å². The van der Waals surface area contributed by atoms with Crippen LogP contribution in [0, 0.1) is 11.3 Å². The van der Waals surface area contributed by atoms with Crippen molar-refractivity contribution in [2.24, 2.45) is 0 Å². The van der Waals surface area contributed by atoms with Crippen LogP contribution in [0.4, 0.5) is 5.69 Å². The van der Waals surface area contributed by atoms with Crippen LogP contribution in [0.2, 0.25) is 0 Å².